The largest absolute Gasteiger partial charge is 0.372 e. The van der Waals surface area contributed by atoms with Crippen molar-refractivity contribution in [1.29, 1.82) is 0 Å². The second-order valence-electron chi connectivity index (χ2n) is 8.30. The fourth-order valence-electron chi connectivity index (χ4n) is 5.34. The number of aromatic nitrogens is 2. The summed E-state index contributed by atoms with van der Waals surface area (Å²) in [5.74, 6) is 1.06. The van der Waals surface area contributed by atoms with Crippen LogP contribution in [0.2, 0.25) is 0 Å². The number of likely N-dealkylation sites (tertiary alicyclic amines) is 1. The number of aromatic amines is 1. The van der Waals surface area contributed by atoms with E-state index in [2.05, 4.69) is 25.1 Å². The van der Waals surface area contributed by atoms with E-state index in [0.29, 0.717) is 37.5 Å². The molecule has 28 heavy (non-hydrogen) atoms. The lowest BCUT2D eigenvalue weighted by molar-refractivity contribution is -0.153. The van der Waals surface area contributed by atoms with Crippen LogP contribution in [-0.2, 0) is 20.9 Å². The molecule has 4 rings (SSSR count). The number of carbonyl (C=O) groups is 2. The van der Waals surface area contributed by atoms with E-state index in [1.165, 1.54) is 0 Å². The van der Waals surface area contributed by atoms with Crippen LogP contribution in [0.4, 0.5) is 0 Å². The standard InChI is InChI=1S/C20H31N5O3/c1-2-28-12-19(26)22-8-18-15-6-14(17-4-3-5-20(27)25(17)18)9-24(10-15)11-16-7-21-13-23-16/h7,13-15,17-18H,2-6,8-12H2,1H3,(H,21,23)(H,22,26)/t14-,15+,17+,18+/m1/s1. The van der Waals surface area contributed by atoms with Crippen molar-refractivity contribution in [2.45, 2.75) is 51.2 Å². The van der Waals surface area contributed by atoms with Gasteiger partial charge in [-0.1, -0.05) is 0 Å². The molecule has 8 heteroatoms. The summed E-state index contributed by atoms with van der Waals surface area (Å²) in [5.41, 5.74) is 1.12. The molecule has 4 heterocycles. The van der Waals surface area contributed by atoms with Crippen molar-refractivity contribution in [3.63, 3.8) is 0 Å². The molecule has 2 bridgehead atoms. The minimum atomic E-state index is -0.102. The molecule has 1 aromatic heterocycles. The lowest BCUT2D eigenvalue weighted by Gasteiger charge is -2.56. The summed E-state index contributed by atoms with van der Waals surface area (Å²) >= 11 is 0. The van der Waals surface area contributed by atoms with Gasteiger partial charge in [0.15, 0.2) is 0 Å². The van der Waals surface area contributed by atoms with E-state index in [9.17, 15) is 9.59 Å². The fraction of sp³-hybridized carbons (Fsp3) is 0.750. The van der Waals surface area contributed by atoms with Crippen molar-refractivity contribution in [3.8, 4) is 0 Å². The third-order valence-electron chi connectivity index (χ3n) is 6.47. The third kappa shape index (κ3) is 4.07. The number of imidazole rings is 1. The Balaban J connectivity index is 1.47. The van der Waals surface area contributed by atoms with Gasteiger partial charge in [-0.25, -0.2) is 4.98 Å². The average Bonchev–Trinajstić information content (AvgIpc) is 3.19. The minimum Gasteiger partial charge on any atom is -0.372 e. The smallest absolute Gasteiger partial charge is 0.246 e. The molecule has 3 fully saturated rings. The molecule has 0 spiro atoms. The van der Waals surface area contributed by atoms with Crippen LogP contribution in [0, 0.1) is 11.8 Å². The first kappa shape index (κ1) is 19.4. The summed E-state index contributed by atoms with van der Waals surface area (Å²) in [5, 5.41) is 3.01. The summed E-state index contributed by atoms with van der Waals surface area (Å²) < 4.78 is 5.21. The van der Waals surface area contributed by atoms with E-state index < -0.39 is 0 Å². The molecular formula is C20H31N5O3. The van der Waals surface area contributed by atoms with E-state index in [1.54, 1.807) is 6.33 Å². The zero-order chi connectivity index (χ0) is 19.5. The maximum Gasteiger partial charge on any atom is 0.246 e. The molecule has 4 atom stereocenters. The number of nitrogens with zero attached hydrogens (tertiary/aromatic N) is 3. The average molecular weight is 390 g/mol. The van der Waals surface area contributed by atoms with Crippen molar-refractivity contribution >= 4 is 11.8 Å². The summed E-state index contributed by atoms with van der Waals surface area (Å²) in [6.45, 7) is 5.82. The van der Waals surface area contributed by atoms with Gasteiger partial charge in [-0.15, -0.1) is 0 Å². The van der Waals surface area contributed by atoms with Gasteiger partial charge < -0.3 is 19.9 Å². The van der Waals surface area contributed by atoms with Gasteiger partial charge in [-0.2, -0.15) is 0 Å². The number of piperidine rings is 3. The molecular weight excluding hydrogens is 358 g/mol. The Morgan fingerprint density at radius 1 is 1.39 bits per heavy atom. The second-order valence-corrected chi connectivity index (χ2v) is 8.30. The Bertz CT molecular complexity index is 679. The fourth-order valence-corrected chi connectivity index (χ4v) is 5.34. The molecule has 8 nitrogen and oxygen atoms in total. The number of hydrogen-bond acceptors (Lipinski definition) is 5. The number of H-pyrrole nitrogens is 1. The number of fused-ring (bicyclic) bond motifs is 4. The van der Waals surface area contributed by atoms with E-state index in [0.717, 1.165) is 44.6 Å². The van der Waals surface area contributed by atoms with Crippen LogP contribution in [-0.4, -0.2) is 76.5 Å². The molecule has 0 unspecified atom stereocenters. The third-order valence-corrected chi connectivity index (χ3v) is 6.47. The molecule has 0 radical (unpaired) electrons. The van der Waals surface area contributed by atoms with Gasteiger partial charge in [0.2, 0.25) is 11.8 Å². The summed E-state index contributed by atoms with van der Waals surface area (Å²) in [6.07, 6.45) is 7.43. The maximum atomic E-state index is 12.8. The Hall–Kier alpha value is -1.93. The van der Waals surface area contributed by atoms with Crippen LogP contribution in [0.25, 0.3) is 0 Å². The number of nitrogens with one attached hydrogen (secondary N) is 2. The topological polar surface area (TPSA) is 90.6 Å². The van der Waals surface area contributed by atoms with Gasteiger partial charge in [-0.3, -0.25) is 14.5 Å². The summed E-state index contributed by atoms with van der Waals surface area (Å²) in [7, 11) is 0. The SMILES string of the molecule is CCOCC(=O)NC[C@H]1[C@H]2C[C@H](CN(Cc3cnc[nH]3)C2)[C@@H]2CCCC(=O)N21. The molecule has 3 aliphatic rings. The predicted octanol–water partition coefficient (Wildman–Crippen LogP) is 0.764. The van der Waals surface area contributed by atoms with Crippen molar-refractivity contribution in [3.05, 3.63) is 18.2 Å². The Kier molecular flexibility index (Phi) is 5.96. The highest BCUT2D eigenvalue weighted by atomic mass is 16.5. The second kappa shape index (κ2) is 8.61. The lowest BCUT2D eigenvalue weighted by Crippen LogP contribution is -2.67. The first-order valence-corrected chi connectivity index (χ1v) is 10.5. The van der Waals surface area contributed by atoms with Crippen molar-refractivity contribution in [1.82, 2.24) is 25.1 Å². The normalized spacial score (nSPS) is 30.2. The molecule has 2 N–H and O–H groups in total. The van der Waals surface area contributed by atoms with E-state index >= 15 is 0 Å². The van der Waals surface area contributed by atoms with E-state index in [4.69, 9.17) is 4.74 Å². The van der Waals surface area contributed by atoms with Crippen LogP contribution >= 0.6 is 0 Å². The Labute approximate surface area is 166 Å². The molecule has 0 aliphatic carbocycles. The van der Waals surface area contributed by atoms with Crippen LogP contribution in [0.15, 0.2) is 12.5 Å². The molecule has 2 amide bonds. The van der Waals surface area contributed by atoms with Gasteiger partial charge in [0.05, 0.1) is 12.4 Å². The van der Waals surface area contributed by atoms with Crippen LogP contribution in [0.5, 0.6) is 0 Å². The highest BCUT2D eigenvalue weighted by Crippen LogP contribution is 2.41. The first-order chi connectivity index (χ1) is 13.7. The van der Waals surface area contributed by atoms with E-state index in [-0.39, 0.29) is 24.5 Å². The van der Waals surface area contributed by atoms with Crippen molar-refractivity contribution in [2.24, 2.45) is 11.8 Å². The number of ether oxygens (including phenoxy) is 1. The number of carbonyl (C=O) groups excluding carboxylic acids is 2. The van der Waals surface area contributed by atoms with Gasteiger partial charge in [0.25, 0.3) is 0 Å². The number of rotatable bonds is 7. The molecule has 154 valence electrons. The zero-order valence-corrected chi connectivity index (χ0v) is 16.6. The summed E-state index contributed by atoms with van der Waals surface area (Å²) in [6, 6.07) is 0.375. The molecule has 0 aromatic carbocycles. The van der Waals surface area contributed by atoms with Gasteiger partial charge in [-0.05, 0) is 38.0 Å². The maximum absolute atomic E-state index is 12.8. The van der Waals surface area contributed by atoms with Crippen LogP contribution < -0.4 is 5.32 Å². The van der Waals surface area contributed by atoms with Crippen LogP contribution in [0.1, 0.15) is 38.3 Å². The Morgan fingerprint density at radius 3 is 3.04 bits per heavy atom. The van der Waals surface area contributed by atoms with E-state index in [1.807, 2.05) is 13.1 Å². The van der Waals surface area contributed by atoms with Gasteiger partial charge >= 0.3 is 0 Å². The molecule has 1 aromatic rings. The monoisotopic (exact) mass is 389 g/mol. The zero-order valence-electron chi connectivity index (χ0n) is 16.6. The van der Waals surface area contributed by atoms with Crippen molar-refractivity contribution in [2.75, 3.05) is 32.8 Å². The molecule has 0 saturated carbocycles. The van der Waals surface area contributed by atoms with Gasteiger partial charge in [0, 0.05) is 57.1 Å². The van der Waals surface area contributed by atoms with Crippen LogP contribution in [0.3, 0.4) is 0 Å². The number of amides is 2. The quantitative estimate of drug-likeness (QED) is 0.719. The minimum absolute atomic E-state index is 0.0733. The summed E-state index contributed by atoms with van der Waals surface area (Å²) in [4.78, 5) is 36.8. The Morgan fingerprint density at radius 2 is 2.25 bits per heavy atom. The molecule has 3 aliphatic heterocycles. The van der Waals surface area contributed by atoms with Crippen molar-refractivity contribution < 1.29 is 14.3 Å². The highest BCUT2D eigenvalue weighted by molar-refractivity contribution is 5.79. The first-order valence-electron chi connectivity index (χ1n) is 10.5. The highest BCUT2D eigenvalue weighted by Gasteiger charge is 2.49. The lowest BCUT2D eigenvalue weighted by atomic mass is 9.72. The number of hydrogen-bond donors (Lipinski definition) is 2. The predicted molar refractivity (Wildman–Crippen MR) is 103 cm³/mol. The van der Waals surface area contributed by atoms with Gasteiger partial charge in [0.1, 0.15) is 6.61 Å². The molecule has 3 saturated heterocycles.